The highest BCUT2D eigenvalue weighted by molar-refractivity contribution is 5.83. The fraction of sp³-hybridized carbons (Fsp3) is 0.167. The van der Waals surface area contributed by atoms with E-state index in [2.05, 4.69) is 10.5 Å². The number of ether oxygens (including phenoxy) is 1. The molecule has 0 aliphatic rings. The Labute approximate surface area is 104 Å². The fourth-order valence-corrected chi connectivity index (χ4v) is 1.06. The van der Waals surface area contributed by atoms with Crippen molar-refractivity contribution in [2.75, 3.05) is 6.61 Å². The van der Waals surface area contributed by atoms with Gasteiger partial charge in [-0.2, -0.15) is 15.6 Å². The van der Waals surface area contributed by atoms with Crippen LogP contribution in [0.2, 0.25) is 0 Å². The fourth-order valence-electron chi connectivity index (χ4n) is 1.06. The third-order valence-corrected chi connectivity index (χ3v) is 1.83. The number of hydrogen-bond acceptors (Lipinski definition) is 5. The summed E-state index contributed by atoms with van der Waals surface area (Å²) in [6.45, 7) is -0.00233. The number of hydrazone groups is 1. The smallest absolute Gasteiger partial charge is 0.254 e. The van der Waals surface area contributed by atoms with E-state index in [1.807, 2.05) is 6.07 Å². The zero-order valence-electron chi connectivity index (χ0n) is 9.46. The average molecular weight is 242 g/mol. The molecule has 1 aromatic carbocycles. The second kappa shape index (κ2) is 7.42. The lowest BCUT2D eigenvalue weighted by molar-refractivity contribution is -0.120. The number of amides is 1. The van der Waals surface area contributed by atoms with Crippen LogP contribution in [0.3, 0.4) is 0 Å². The van der Waals surface area contributed by atoms with Gasteiger partial charge in [-0.25, -0.2) is 5.43 Å². The first kappa shape index (κ1) is 13.2. The van der Waals surface area contributed by atoms with Gasteiger partial charge in [0.2, 0.25) is 0 Å². The molecule has 0 bridgehead atoms. The van der Waals surface area contributed by atoms with Crippen molar-refractivity contribution in [3.63, 3.8) is 0 Å². The molecule has 1 N–H and O–H groups in total. The zero-order chi connectivity index (χ0) is 13.2. The lowest BCUT2D eigenvalue weighted by Crippen LogP contribution is -2.16. The maximum Gasteiger partial charge on any atom is 0.254 e. The van der Waals surface area contributed by atoms with Gasteiger partial charge in [0.15, 0.2) is 6.61 Å². The monoisotopic (exact) mass is 242 g/mol. The normalized spacial score (nSPS) is 9.44. The minimum atomic E-state index is -0.456. The zero-order valence-corrected chi connectivity index (χ0v) is 9.46. The molecule has 0 aromatic heterocycles. The Morgan fingerprint density at radius 3 is 2.67 bits per heavy atom. The van der Waals surface area contributed by atoms with Crippen LogP contribution in [0.15, 0.2) is 29.4 Å². The number of nitriles is 2. The van der Waals surface area contributed by atoms with Crippen molar-refractivity contribution in [3.05, 3.63) is 29.8 Å². The average Bonchev–Trinajstić information content (AvgIpc) is 2.38. The topological polar surface area (TPSA) is 98.3 Å². The Bertz CT molecular complexity index is 508. The van der Waals surface area contributed by atoms with Gasteiger partial charge in [0, 0.05) is 0 Å². The van der Waals surface area contributed by atoms with E-state index in [-0.39, 0.29) is 13.0 Å². The molecule has 6 heteroatoms. The van der Waals surface area contributed by atoms with Gasteiger partial charge < -0.3 is 4.74 Å². The molecule has 1 rings (SSSR count). The van der Waals surface area contributed by atoms with Gasteiger partial charge in [0.05, 0.1) is 12.3 Å². The van der Waals surface area contributed by atoms with Gasteiger partial charge in [-0.05, 0) is 29.8 Å². The van der Waals surface area contributed by atoms with Crippen molar-refractivity contribution in [2.45, 2.75) is 6.42 Å². The molecule has 0 atom stereocenters. The van der Waals surface area contributed by atoms with Crippen LogP contribution in [-0.2, 0) is 4.79 Å². The lowest BCUT2D eigenvalue weighted by atomic mass is 10.2. The Morgan fingerprint density at radius 2 is 2.06 bits per heavy atom. The molecule has 0 radical (unpaired) electrons. The molecule has 0 aliphatic heterocycles. The van der Waals surface area contributed by atoms with Crippen molar-refractivity contribution in [1.29, 1.82) is 10.5 Å². The van der Waals surface area contributed by atoms with E-state index in [1.165, 1.54) is 6.21 Å². The van der Waals surface area contributed by atoms with Crippen LogP contribution in [-0.4, -0.2) is 18.7 Å². The number of hydrogen-bond donors (Lipinski definition) is 1. The number of carbonyl (C=O) groups excluding carboxylic acids is 1. The predicted molar refractivity (Wildman–Crippen MR) is 63.5 cm³/mol. The molecule has 0 unspecified atom stereocenters. The first-order valence-electron chi connectivity index (χ1n) is 5.05. The summed E-state index contributed by atoms with van der Waals surface area (Å²) in [4.78, 5) is 10.9. The third kappa shape index (κ3) is 4.77. The predicted octanol–water partition coefficient (Wildman–Crippen LogP) is 0.953. The van der Waals surface area contributed by atoms with E-state index in [0.29, 0.717) is 5.75 Å². The summed E-state index contributed by atoms with van der Waals surface area (Å²) < 4.78 is 5.07. The van der Waals surface area contributed by atoms with Gasteiger partial charge in [-0.1, -0.05) is 0 Å². The minimum absolute atomic E-state index is 0.00233. The number of nitrogens with one attached hydrogen (secondary N) is 1. The van der Waals surface area contributed by atoms with Crippen molar-refractivity contribution >= 4 is 12.1 Å². The molecule has 0 heterocycles. The molecule has 18 heavy (non-hydrogen) atoms. The highest BCUT2D eigenvalue weighted by Gasteiger charge is 1.96. The summed E-state index contributed by atoms with van der Waals surface area (Å²) in [6.07, 6.45) is 1.22. The van der Waals surface area contributed by atoms with Crippen molar-refractivity contribution in [3.8, 4) is 17.9 Å². The summed E-state index contributed by atoms with van der Waals surface area (Å²) in [5.41, 5.74) is 2.98. The molecule has 90 valence electrons. The molecule has 0 saturated heterocycles. The first-order chi connectivity index (χ1) is 8.76. The largest absolute Gasteiger partial charge is 0.479 e. The van der Waals surface area contributed by atoms with Crippen molar-refractivity contribution in [2.24, 2.45) is 5.10 Å². The number of rotatable bonds is 5. The molecule has 6 nitrogen and oxygen atoms in total. The third-order valence-electron chi connectivity index (χ3n) is 1.83. The Balaban J connectivity index is 2.49. The molecule has 0 spiro atoms. The van der Waals surface area contributed by atoms with E-state index in [9.17, 15) is 4.79 Å². The number of nitrogens with zero attached hydrogens (tertiary/aromatic N) is 3. The Kier molecular flexibility index (Phi) is 5.44. The van der Waals surface area contributed by atoms with E-state index < -0.39 is 5.91 Å². The highest BCUT2D eigenvalue weighted by Crippen LogP contribution is 2.10. The van der Waals surface area contributed by atoms with E-state index in [0.717, 1.165) is 5.56 Å². The summed E-state index contributed by atoms with van der Waals surface area (Å²) in [7, 11) is 0. The molecule has 1 aromatic rings. The minimum Gasteiger partial charge on any atom is -0.479 e. The summed E-state index contributed by atoms with van der Waals surface area (Å²) >= 11 is 0. The summed E-state index contributed by atoms with van der Waals surface area (Å²) in [5, 5.41) is 20.3. The van der Waals surface area contributed by atoms with Crippen LogP contribution in [0.25, 0.3) is 0 Å². The molecular weight excluding hydrogens is 232 g/mol. The highest BCUT2D eigenvalue weighted by atomic mass is 16.5. The van der Waals surface area contributed by atoms with Crippen LogP contribution >= 0.6 is 0 Å². The number of carbonyl (C=O) groups is 1. The second-order valence-corrected chi connectivity index (χ2v) is 3.14. The molecular formula is C12H10N4O2. The maximum atomic E-state index is 10.9. The van der Waals surface area contributed by atoms with Crippen LogP contribution in [0, 0.1) is 22.7 Å². The van der Waals surface area contributed by atoms with Gasteiger partial charge in [0.1, 0.15) is 18.2 Å². The van der Waals surface area contributed by atoms with Gasteiger partial charge in [-0.15, -0.1) is 0 Å². The second-order valence-electron chi connectivity index (χ2n) is 3.14. The van der Waals surface area contributed by atoms with Crippen molar-refractivity contribution in [1.82, 2.24) is 5.43 Å². The van der Waals surface area contributed by atoms with Crippen LogP contribution in [0.1, 0.15) is 12.0 Å². The van der Waals surface area contributed by atoms with Gasteiger partial charge in [0.25, 0.3) is 5.91 Å². The van der Waals surface area contributed by atoms with E-state index >= 15 is 0 Å². The quantitative estimate of drug-likeness (QED) is 0.613. The standard InChI is InChI=1S/C12H10N4O2/c13-6-5-12(17)16-15-9-10-1-3-11(4-2-10)18-8-7-14/h1-4,9H,5,8H2,(H,16,17)/b15-9-. The van der Waals surface area contributed by atoms with Crippen LogP contribution < -0.4 is 10.2 Å². The SMILES string of the molecule is N#CCOc1ccc(/C=N\NC(=O)CC#N)cc1. The Hall–Kier alpha value is -2.86. The van der Waals surface area contributed by atoms with Gasteiger partial charge in [-0.3, -0.25) is 4.79 Å². The molecule has 0 aliphatic carbocycles. The van der Waals surface area contributed by atoms with Gasteiger partial charge >= 0.3 is 0 Å². The first-order valence-corrected chi connectivity index (χ1v) is 5.05. The molecule has 0 saturated carbocycles. The summed E-state index contributed by atoms with van der Waals surface area (Å²) in [6, 6.07) is 10.4. The maximum absolute atomic E-state index is 10.9. The van der Waals surface area contributed by atoms with E-state index in [1.54, 1.807) is 30.3 Å². The van der Waals surface area contributed by atoms with Crippen LogP contribution in [0.4, 0.5) is 0 Å². The molecule has 1 amide bonds. The summed E-state index contributed by atoms with van der Waals surface area (Å²) in [5.74, 6) is 0.130. The Morgan fingerprint density at radius 1 is 1.33 bits per heavy atom. The molecule has 0 fully saturated rings. The number of benzene rings is 1. The van der Waals surface area contributed by atoms with Crippen molar-refractivity contribution < 1.29 is 9.53 Å². The van der Waals surface area contributed by atoms with E-state index in [4.69, 9.17) is 15.3 Å². The van der Waals surface area contributed by atoms with Crippen LogP contribution in [0.5, 0.6) is 5.75 Å². The lowest BCUT2D eigenvalue weighted by Gasteiger charge is -2.00.